The van der Waals surface area contributed by atoms with Crippen molar-refractivity contribution in [2.45, 2.75) is 89.8 Å². The molecule has 1 unspecified atom stereocenters. The summed E-state index contributed by atoms with van der Waals surface area (Å²) in [4.78, 5) is 79.3. The van der Waals surface area contributed by atoms with Gasteiger partial charge in [-0.15, -0.1) is 0 Å². The number of imidazole rings is 1. The average molecular weight is 893 g/mol. The summed E-state index contributed by atoms with van der Waals surface area (Å²) in [5.74, 6) is -0.127. The van der Waals surface area contributed by atoms with Crippen LogP contribution >= 0.6 is 0 Å². The minimum absolute atomic E-state index is 0.216. The number of aryl methyl sites for hydroxylation is 1. The van der Waals surface area contributed by atoms with Crippen LogP contribution in [0.3, 0.4) is 0 Å². The summed E-state index contributed by atoms with van der Waals surface area (Å²) in [6.45, 7) is 7.92. The van der Waals surface area contributed by atoms with Crippen LogP contribution in [-0.4, -0.2) is 85.6 Å². The lowest BCUT2D eigenvalue weighted by Gasteiger charge is -2.29. The number of rotatable bonds is 13. The van der Waals surface area contributed by atoms with Crippen LogP contribution in [0.15, 0.2) is 115 Å². The van der Waals surface area contributed by atoms with Gasteiger partial charge in [-0.25, -0.2) is 14.6 Å². The molecule has 2 aliphatic rings. The van der Waals surface area contributed by atoms with Gasteiger partial charge in [0.2, 0.25) is 5.91 Å². The minimum Gasteiger partial charge on any atom is -0.447 e. The summed E-state index contributed by atoms with van der Waals surface area (Å²) in [7, 11) is 1.94. The maximum atomic E-state index is 14.2. The molecule has 2 fully saturated rings. The zero-order valence-corrected chi connectivity index (χ0v) is 37.8. The number of anilines is 1. The predicted octanol–water partition coefficient (Wildman–Crippen LogP) is 8.58. The molecule has 342 valence electrons. The van der Waals surface area contributed by atoms with Gasteiger partial charge in [0.1, 0.15) is 23.9 Å². The number of benzene rings is 4. The predicted molar refractivity (Wildman–Crippen MR) is 251 cm³/mol. The molecule has 4 aromatic carbocycles. The number of hydrogen-bond acceptors (Lipinski definition) is 8. The molecule has 4 heterocycles. The number of carbonyl (C=O) groups is 5. The summed E-state index contributed by atoms with van der Waals surface area (Å²) in [6.07, 6.45) is 2.60. The molecule has 8 rings (SSSR count). The van der Waals surface area contributed by atoms with Gasteiger partial charge >= 0.3 is 12.2 Å². The van der Waals surface area contributed by atoms with Crippen molar-refractivity contribution in [3.05, 3.63) is 132 Å². The molecule has 5 amide bonds. The number of H-pyrrole nitrogens is 1. The number of likely N-dealkylation sites (tertiary alicyclic amines) is 2. The van der Waals surface area contributed by atoms with Gasteiger partial charge in [-0.2, -0.15) is 0 Å². The minimum atomic E-state index is -1.01. The molecule has 4 N–H and O–H groups in total. The van der Waals surface area contributed by atoms with E-state index in [1.165, 1.54) is 0 Å². The first-order valence-electron chi connectivity index (χ1n) is 22.6. The summed E-state index contributed by atoms with van der Waals surface area (Å²) >= 11 is 0. The molecule has 0 bridgehead atoms. The Labute approximate surface area is 383 Å². The van der Waals surface area contributed by atoms with E-state index in [0.29, 0.717) is 42.7 Å². The molecular weight excluding hydrogens is 837 g/mol. The summed E-state index contributed by atoms with van der Waals surface area (Å²) < 4.78 is 12.6. The van der Waals surface area contributed by atoms with Crippen LogP contribution in [0.1, 0.15) is 88.5 Å². The smallest absolute Gasteiger partial charge is 0.408 e. The number of ether oxygens (including phenoxy) is 2. The largest absolute Gasteiger partial charge is 0.447 e. The van der Waals surface area contributed by atoms with E-state index in [4.69, 9.17) is 14.5 Å². The quantitative estimate of drug-likeness (QED) is 0.0890. The van der Waals surface area contributed by atoms with E-state index in [-0.39, 0.29) is 36.0 Å². The SMILES string of the molecule is CC(C)OC(=O)N[C@H](C(=O)N1CCCC1C(=O)Nc1ccc2[nH]c(-c3ccc(-c4cn(C)c([C@@H]5CCCN5C(=O)[C@H](NC(=O)OC(C)C)c5ccccc5)n4)cc3)cc2c1)c1ccccc1. The maximum Gasteiger partial charge on any atom is 0.408 e. The van der Waals surface area contributed by atoms with Crippen LogP contribution < -0.4 is 16.0 Å². The highest BCUT2D eigenvalue weighted by Gasteiger charge is 2.40. The Morgan fingerprint density at radius 2 is 1.24 bits per heavy atom. The Hall–Kier alpha value is -7.42. The molecule has 66 heavy (non-hydrogen) atoms. The first-order valence-corrected chi connectivity index (χ1v) is 22.6. The van der Waals surface area contributed by atoms with Crippen LogP contribution in [0, 0.1) is 0 Å². The van der Waals surface area contributed by atoms with Crippen LogP contribution in [-0.2, 0) is 30.9 Å². The molecular formula is C51H56N8O7. The third kappa shape index (κ3) is 10.1. The highest BCUT2D eigenvalue weighted by molar-refractivity contribution is 6.00. The van der Waals surface area contributed by atoms with Gasteiger partial charge in [-0.3, -0.25) is 14.4 Å². The van der Waals surface area contributed by atoms with E-state index in [1.54, 1.807) is 56.9 Å². The lowest BCUT2D eigenvalue weighted by Crippen LogP contribution is -2.48. The van der Waals surface area contributed by atoms with Gasteiger partial charge in [-0.1, -0.05) is 84.9 Å². The molecule has 4 atom stereocenters. The number of alkyl carbamates (subject to hydrolysis) is 2. The number of aromatic amines is 1. The number of aromatic nitrogens is 3. The van der Waals surface area contributed by atoms with E-state index >= 15 is 0 Å². The third-order valence-corrected chi connectivity index (χ3v) is 11.9. The van der Waals surface area contributed by atoms with E-state index in [0.717, 1.165) is 52.1 Å². The molecule has 2 aliphatic heterocycles. The molecule has 2 saturated heterocycles. The summed E-state index contributed by atoms with van der Waals surface area (Å²) in [6, 6.07) is 31.0. The second kappa shape index (κ2) is 19.8. The second-order valence-electron chi connectivity index (χ2n) is 17.4. The number of nitrogens with zero attached hydrogens (tertiary/aromatic N) is 4. The van der Waals surface area contributed by atoms with E-state index in [2.05, 4.69) is 20.9 Å². The van der Waals surface area contributed by atoms with Crippen molar-refractivity contribution < 1.29 is 33.4 Å². The van der Waals surface area contributed by atoms with Gasteiger partial charge in [0.15, 0.2) is 0 Å². The monoisotopic (exact) mass is 892 g/mol. The molecule has 0 spiro atoms. The van der Waals surface area contributed by atoms with Crippen LogP contribution in [0.25, 0.3) is 33.4 Å². The fraction of sp³-hybridized carbons (Fsp3) is 0.333. The van der Waals surface area contributed by atoms with Crippen molar-refractivity contribution in [3.8, 4) is 22.5 Å². The number of nitrogens with one attached hydrogen (secondary N) is 4. The Balaban J connectivity index is 0.940. The maximum absolute atomic E-state index is 14.2. The van der Waals surface area contributed by atoms with Gasteiger partial charge in [0.25, 0.3) is 11.8 Å². The summed E-state index contributed by atoms with van der Waals surface area (Å²) in [5.41, 5.74) is 6.30. The normalized spacial score (nSPS) is 16.9. The van der Waals surface area contributed by atoms with E-state index in [9.17, 15) is 24.0 Å². The lowest BCUT2D eigenvalue weighted by atomic mass is 10.0. The van der Waals surface area contributed by atoms with Gasteiger partial charge in [0, 0.05) is 54.2 Å². The molecule has 0 radical (unpaired) electrons. The Morgan fingerprint density at radius 1 is 0.682 bits per heavy atom. The standard InChI is InChI=1S/C51H56N8O7/c1-31(2)65-50(63)55-44(35-14-8-6-9-15-35)48(61)58-26-12-18-42(58)46-54-41(30-57(46)5)34-22-20-33(21-23-34)40-29-37-28-38(24-25-39(37)53-40)52-47(60)43-19-13-27-59(43)49(62)45(36-16-10-7-11-17-36)56-51(64)66-32(3)4/h6-11,14-17,20-25,28-32,42-45,53H,12-13,18-19,26-27H2,1-5H3,(H,52,60)(H,55,63)(H,56,64)/t42-,43?,44+,45-/m0/s1. The zero-order chi connectivity index (χ0) is 46.5. The van der Waals surface area contributed by atoms with Gasteiger partial charge in [-0.05, 0) is 94.3 Å². The number of hydrogen-bond donors (Lipinski definition) is 4. The van der Waals surface area contributed by atoms with Gasteiger partial charge in [0.05, 0.1) is 23.9 Å². The molecule has 0 saturated carbocycles. The fourth-order valence-electron chi connectivity index (χ4n) is 8.87. The Kier molecular flexibility index (Phi) is 13.5. The number of carbonyl (C=O) groups excluding carboxylic acids is 5. The van der Waals surface area contributed by atoms with Crippen LogP contribution in [0.2, 0.25) is 0 Å². The van der Waals surface area contributed by atoms with Crippen molar-refractivity contribution in [3.63, 3.8) is 0 Å². The van der Waals surface area contributed by atoms with Gasteiger partial charge < -0.3 is 44.8 Å². The highest BCUT2D eigenvalue weighted by atomic mass is 16.6. The molecule has 0 aliphatic carbocycles. The van der Waals surface area contributed by atoms with Crippen molar-refractivity contribution in [1.29, 1.82) is 0 Å². The Morgan fingerprint density at radius 3 is 1.85 bits per heavy atom. The van der Waals surface area contributed by atoms with Crippen molar-refractivity contribution >= 4 is 46.5 Å². The molecule has 15 heteroatoms. The van der Waals surface area contributed by atoms with Crippen LogP contribution in [0.4, 0.5) is 15.3 Å². The van der Waals surface area contributed by atoms with E-state index in [1.807, 2.05) is 108 Å². The average Bonchev–Trinajstić information content (AvgIpc) is 4.14. The molecule has 2 aromatic heterocycles. The third-order valence-electron chi connectivity index (χ3n) is 11.9. The van der Waals surface area contributed by atoms with Crippen molar-refractivity contribution in [2.75, 3.05) is 18.4 Å². The summed E-state index contributed by atoms with van der Waals surface area (Å²) in [5, 5.41) is 9.45. The van der Waals surface area contributed by atoms with Crippen molar-refractivity contribution in [1.82, 2.24) is 35.0 Å². The Bertz CT molecular complexity index is 2700. The highest BCUT2D eigenvalue weighted by Crippen LogP contribution is 2.36. The topological polar surface area (TPSA) is 180 Å². The molecule has 6 aromatic rings. The van der Waals surface area contributed by atoms with E-state index < -0.39 is 30.3 Å². The second-order valence-corrected chi connectivity index (χ2v) is 17.4. The number of amides is 5. The van der Waals surface area contributed by atoms with Crippen LogP contribution in [0.5, 0.6) is 0 Å². The number of fused-ring (bicyclic) bond motifs is 1. The van der Waals surface area contributed by atoms with Crippen molar-refractivity contribution in [2.24, 2.45) is 7.05 Å². The first kappa shape index (κ1) is 45.2. The first-order chi connectivity index (χ1) is 31.8. The zero-order valence-electron chi connectivity index (χ0n) is 37.8. The molecule has 15 nitrogen and oxygen atoms in total. The fourth-order valence-corrected chi connectivity index (χ4v) is 8.87. The lowest BCUT2D eigenvalue weighted by molar-refractivity contribution is -0.138.